The smallest absolute Gasteiger partial charge is 0.243 e. The van der Waals surface area contributed by atoms with Crippen LogP contribution in [0.1, 0.15) is 26.1 Å². The Kier molecular flexibility index (Phi) is 4.42. The van der Waals surface area contributed by atoms with Crippen LogP contribution in [-0.4, -0.2) is 45.4 Å². The average molecular weight is 278 g/mol. The number of rotatable bonds is 5. The highest BCUT2D eigenvalue weighted by Crippen LogP contribution is 2.18. The van der Waals surface area contributed by atoms with E-state index < -0.39 is 0 Å². The van der Waals surface area contributed by atoms with Crippen LogP contribution in [0.4, 0.5) is 0 Å². The molecule has 20 heavy (non-hydrogen) atoms. The Morgan fingerprint density at radius 3 is 2.80 bits per heavy atom. The molecule has 6 nitrogen and oxygen atoms in total. The molecule has 1 aliphatic rings. The van der Waals surface area contributed by atoms with Gasteiger partial charge in [0.05, 0.1) is 6.54 Å². The van der Waals surface area contributed by atoms with Crippen LogP contribution in [0.5, 0.6) is 0 Å². The third-order valence-electron chi connectivity index (χ3n) is 4.03. The van der Waals surface area contributed by atoms with Gasteiger partial charge >= 0.3 is 0 Å². The summed E-state index contributed by atoms with van der Waals surface area (Å²) in [5, 5.41) is 2.68. The second-order valence-electron chi connectivity index (χ2n) is 5.30. The first-order chi connectivity index (χ1) is 9.54. The summed E-state index contributed by atoms with van der Waals surface area (Å²) in [6, 6.07) is -0.356. The highest BCUT2D eigenvalue weighted by atomic mass is 16.2. The number of carbonyl (C=O) groups is 2. The van der Waals surface area contributed by atoms with Crippen LogP contribution in [0.15, 0.2) is 12.4 Å². The predicted molar refractivity (Wildman–Crippen MR) is 74.9 cm³/mol. The van der Waals surface area contributed by atoms with Gasteiger partial charge in [-0.05, 0) is 12.8 Å². The molecule has 1 saturated heterocycles. The van der Waals surface area contributed by atoms with Crippen molar-refractivity contribution in [3.63, 3.8) is 0 Å². The summed E-state index contributed by atoms with van der Waals surface area (Å²) in [4.78, 5) is 30.0. The number of aryl methyl sites for hydroxylation is 1. The van der Waals surface area contributed by atoms with Gasteiger partial charge in [0.15, 0.2) is 0 Å². The summed E-state index contributed by atoms with van der Waals surface area (Å²) in [7, 11) is 0. The van der Waals surface area contributed by atoms with Gasteiger partial charge in [-0.2, -0.15) is 0 Å². The van der Waals surface area contributed by atoms with Crippen LogP contribution in [-0.2, 0) is 16.1 Å². The molecule has 0 aromatic carbocycles. The number of nitrogens with one attached hydrogen (secondary N) is 1. The number of hydrogen-bond donors (Lipinski definition) is 1. The zero-order chi connectivity index (χ0) is 14.7. The fourth-order valence-corrected chi connectivity index (χ4v) is 2.57. The van der Waals surface area contributed by atoms with Gasteiger partial charge in [0.1, 0.15) is 11.9 Å². The molecule has 1 aromatic heterocycles. The van der Waals surface area contributed by atoms with Crippen LogP contribution in [0.25, 0.3) is 0 Å². The van der Waals surface area contributed by atoms with E-state index in [4.69, 9.17) is 0 Å². The zero-order valence-electron chi connectivity index (χ0n) is 12.3. The molecule has 0 saturated carbocycles. The minimum atomic E-state index is -0.356. The zero-order valence-corrected chi connectivity index (χ0v) is 12.3. The molecule has 2 unspecified atom stereocenters. The Morgan fingerprint density at radius 1 is 1.45 bits per heavy atom. The maximum absolute atomic E-state index is 12.1. The summed E-state index contributed by atoms with van der Waals surface area (Å²) in [6.45, 7) is 7.29. The molecule has 2 heterocycles. The molecule has 2 rings (SSSR count). The summed E-state index contributed by atoms with van der Waals surface area (Å²) >= 11 is 0. The lowest BCUT2D eigenvalue weighted by Gasteiger charge is -2.38. The third-order valence-corrected chi connectivity index (χ3v) is 4.03. The molecular formula is C14H22N4O2. The minimum Gasteiger partial charge on any atom is -0.345 e. The van der Waals surface area contributed by atoms with E-state index in [-0.39, 0.29) is 30.3 Å². The fraction of sp³-hybridized carbons (Fsp3) is 0.643. The molecule has 110 valence electrons. The van der Waals surface area contributed by atoms with Gasteiger partial charge in [0.25, 0.3) is 0 Å². The van der Waals surface area contributed by atoms with E-state index in [1.807, 2.05) is 31.5 Å². The van der Waals surface area contributed by atoms with E-state index in [9.17, 15) is 9.59 Å². The van der Waals surface area contributed by atoms with Crippen molar-refractivity contribution >= 4 is 11.8 Å². The Morgan fingerprint density at radius 2 is 2.20 bits per heavy atom. The molecule has 1 fully saturated rings. The van der Waals surface area contributed by atoms with Gasteiger partial charge in [-0.25, -0.2) is 4.98 Å². The minimum absolute atomic E-state index is 0.00679. The topological polar surface area (TPSA) is 67.2 Å². The highest BCUT2D eigenvalue weighted by molar-refractivity contribution is 5.94. The quantitative estimate of drug-likeness (QED) is 0.856. The molecule has 0 spiro atoms. The van der Waals surface area contributed by atoms with Crippen LogP contribution < -0.4 is 5.32 Å². The second kappa shape index (κ2) is 6.07. The van der Waals surface area contributed by atoms with Crippen molar-refractivity contribution in [1.82, 2.24) is 19.8 Å². The van der Waals surface area contributed by atoms with Gasteiger partial charge in [0, 0.05) is 25.5 Å². The highest BCUT2D eigenvalue weighted by Gasteiger charge is 2.37. The SMILES string of the molecule is CCC(C)C1C(=O)NCC(=O)N1CCn1ccnc1C. The van der Waals surface area contributed by atoms with Gasteiger partial charge < -0.3 is 14.8 Å². The maximum Gasteiger partial charge on any atom is 0.243 e. The number of amides is 2. The number of aromatic nitrogens is 2. The molecule has 1 aliphatic heterocycles. The maximum atomic E-state index is 12.1. The summed E-state index contributed by atoms with van der Waals surface area (Å²) < 4.78 is 1.99. The first-order valence-corrected chi connectivity index (χ1v) is 7.09. The lowest BCUT2D eigenvalue weighted by Crippen LogP contribution is -2.61. The summed E-state index contributed by atoms with van der Waals surface area (Å²) in [6.07, 6.45) is 4.50. The van der Waals surface area contributed by atoms with E-state index in [1.54, 1.807) is 11.1 Å². The van der Waals surface area contributed by atoms with E-state index in [0.717, 1.165) is 12.2 Å². The first-order valence-electron chi connectivity index (χ1n) is 7.09. The summed E-state index contributed by atoms with van der Waals surface area (Å²) in [5.41, 5.74) is 0. The molecule has 0 bridgehead atoms. The largest absolute Gasteiger partial charge is 0.345 e. The monoisotopic (exact) mass is 278 g/mol. The van der Waals surface area contributed by atoms with Crippen molar-refractivity contribution in [1.29, 1.82) is 0 Å². The molecule has 0 radical (unpaired) electrons. The standard InChI is InChI=1S/C14H22N4O2/c1-4-10(2)13-14(20)16-9-12(19)18(13)8-7-17-6-5-15-11(17)3/h5-6,10,13H,4,7-9H2,1-3H3,(H,16,20). The van der Waals surface area contributed by atoms with Crippen molar-refractivity contribution in [3.05, 3.63) is 18.2 Å². The predicted octanol–water partition coefficient (Wildman–Crippen LogP) is 0.565. The fourth-order valence-electron chi connectivity index (χ4n) is 2.57. The molecule has 2 atom stereocenters. The van der Waals surface area contributed by atoms with E-state index >= 15 is 0 Å². The number of hydrogen-bond acceptors (Lipinski definition) is 3. The molecule has 1 N–H and O–H groups in total. The van der Waals surface area contributed by atoms with Gasteiger partial charge in [0.2, 0.25) is 11.8 Å². The van der Waals surface area contributed by atoms with Crippen molar-refractivity contribution in [2.45, 2.75) is 39.8 Å². The van der Waals surface area contributed by atoms with E-state index in [0.29, 0.717) is 13.1 Å². The lowest BCUT2D eigenvalue weighted by molar-refractivity contribution is -0.147. The van der Waals surface area contributed by atoms with Gasteiger partial charge in [-0.15, -0.1) is 0 Å². The van der Waals surface area contributed by atoms with E-state index in [1.165, 1.54) is 0 Å². The van der Waals surface area contributed by atoms with Crippen molar-refractivity contribution < 1.29 is 9.59 Å². The summed E-state index contributed by atoms with van der Waals surface area (Å²) in [5.74, 6) is 1.02. The average Bonchev–Trinajstić information content (AvgIpc) is 2.84. The van der Waals surface area contributed by atoms with Crippen molar-refractivity contribution in [2.24, 2.45) is 5.92 Å². The van der Waals surface area contributed by atoms with Crippen LogP contribution in [0, 0.1) is 12.8 Å². The molecular weight excluding hydrogens is 256 g/mol. The van der Waals surface area contributed by atoms with Crippen molar-refractivity contribution in [3.8, 4) is 0 Å². The number of imidazole rings is 1. The normalized spacial score (nSPS) is 20.9. The lowest BCUT2D eigenvalue weighted by atomic mass is 9.95. The second-order valence-corrected chi connectivity index (χ2v) is 5.30. The number of nitrogens with zero attached hydrogens (tertiary/aromatic N) is 3. The number of piperazine rings is 1. The van der Waals surface area contributed by atoms with Gasteiger partial charge in [-0.1, -0.05) is 20.3 Å². The first kappa shape index (κ1) is 14.6. The Balaban J connectivity index is 2.10. The molecule has 2 amide bonds. The van der Waals surface area contributed by atoms with Crippen LogP contribution in [0.2, 0.25) is 0 Å². The Hall–Kier alpha value is -1.85. The van der Waals surface area contributed by atoms with Crippen LogP contribution >= 0.6 is 0 Å². The molecule has 0 aliphatic carbocycles. The third kappa shape index (κ3) is 2.84. The molecule has 1 aromatic rings. The van der Waals surface area contributed by atoms with Crippen molar-refractivity contribution in [2.75, 3.05) is 13.1 Å². The Labute approximate surface area is 119 Å². The Bertz CT molecular complexity index is 497. The number of carbonyl (C=O) groups excluding carboxylic acids is 2. The van der Waals surface area contributed by atoms with Crippen LogP contribution in [0.3, 0.4) is 0 Å². The molecule has 6 heteroatoms. The van der Waals surface area contributed by atoms with E-state index in [2.05, 4.69) is 10.3 Å². The van der Waals surface area contributed by atoms with Gasteiger partial charge in [-0.3, -0.25) is 9.59 Å².